The molecule has 80 valence electrons. The van der Waals surface area contributed by atoms with Crippen LogP contribution in [0.4, 0.5) is 5.69 Å². The predicted molar refractivity (Wildman–Crippen MR) is 71.3 cm³/mol. The lowest BCUT2D eigenvalue weighted by atomic mass is 10.1. The number of nitriles is 1. The zero-order valence-corrected chi connectivity index (χ0v) is 11.0. The first-order chi connectivity index (χ1) is 7.63. The SMILES string of the molecule is Cc1cccc(-c2cc(N)c(C#N)s2)c1Br. The van der Waals surface area contributed by atoms with E-state index in [1.54, 1.807) is 0 Å². The Kier molecular flexibility index (Phi) is 2.99. The minimum atomic E-state index is 0.552. The number of thiophene rings is 1. The van der Waals surface area contributed by atoms with Crippen molar-refractivity contribution in [3.05, 3.63) is 39.2 Å². The van der Waals surface area contributed by atoms with Gasteiger partial charge in [0.15, 0.2) is 0 Å². The molecule has 16 heavy (non-hydrogen) atoms. The zero-order valence-electron chi connectivity index (χ0n) is 8.62. The monoisotopic (exact) mass is 292 g/mol. The van der Waals surface area contributed by atoms with Crippen LogP contribution in [0.1, 0.15) is 10.4 Å². The number of hydrogen-bond acceptors (Lipinski definition) is 3. The Labute approximate surface area is 106 Å². The average Bonchev–Trinajstić information content (AvgIpc) is 2.63. The Hall–Kier alpha value is -1.31. The lowest BCUT2D eigenvalue weighted by molar-refractivity contribution is 1.44. The molecule has 0 aliphatic rings. The summed E-state index contributed by atoms with van der Waals surface area (Å²) < 4.78 is 1.06. The van der Waals surface area contributed by atoms with E-state index in [2.05, 4.69) is 22.0 Å². The lowest BCUT2D eigenvalue weighted by Gasteiger charge is -2.03. The van der Waals surface area contributed by atoms with E-state index in [1.807, 2.05) is 31.2 Å². The summed E-state index contributed by atoms with van der Waals surface area (Å²) in [4.78, 5) is 1.59. The average molecular weight is 293 g/mol. The van der Waals surface area contributed by atoms with Crippen LogP contribution in [0.5, 0.6) is 0 Å². The highest BCUT2D eigenvalue weighted by atomic mass is 79.9. The van der Waals surface area contributed by atoms with Crippen molar-refractivity contribution in [1.82, 2.24) is 0 Å². The van der Waals surface area contributed by atoms with Crippen molar-refractivity contribution in [1.29, 1.82) is 5.26 Å². The van der Waals surface area contributed by atoms with Crippen LogP contribution >= 0.6 is 27.3 Å². The van der Waals surface area contributed by atoms with Gasteiger partial charge in [0.1, 0.15) is 10.9 Å². The van der Waals surface area contributed by atoms with Gasteiger partial charge in [0.25, 0.3) is 0 Å². The molecule has 1 heterocycles. The molecular formula is C12H9BrN2S. The summed E-state index contributed by atoms with van der Waals surface area (Å²) >= 11 is 4.97. The molecule has 4 heteroatoms. The number of halogens is 1. The summed E-state index contributed by atoms with van der Waals surface area (Å²) in [6, 6.07) is 10.00. The first-order valence-corrected chi connectivity index (χ1v) is 6.29. The van der Waals surface area contributed by atoms with E-state index in [0.29, 0.717) is 10.6 Å². The molecule has 0 bridgehead atoms. The Morgan fingerprint density at radius 1 is 1.44 bits per heavy atom. The third-order valence-corrected chi connectivity index (χ3v) is 4.46. The van der Waals surface area contributed by atoms with Gasteiger partial charge in [-0.1, -0.05) is 18.2 Å². The predicted octanol–water partition coefficient (Wildman–Crippen LogP) is 3.94. The van der Waals surface area contributed by atoms with Crippen LogP contribution in [0, 0.1) is 18.3 Å². The fourth-order valence-electron chi connectivity index (χ4n) is 1.46. The topological polar surface area (TPSA) is 49.8 Å². The highest BCUT2D eigenvalue weighted by Gasteiger charge is 2.10. The van der Waals surface area contributed by atoms with Crippen LogP contribution in [0.2, 0.25) is 0 Å². The van der Waals surface area contributed by atoms with E-state index in [-0.39, 0.29) is 0 Å². The molecule has 0 saturated heterocycles. The van der Waals surface area contributed by atoms with Crippen LogP contribution in [0.25, 0.3) is 10.4 Å². The zero-order chi connectivity index (χ0) is 11.7. The molecule has 2 N–H and O–H groups in total. The molecule has 1 aromatic carbocycles. The number of nitrogens with zero attached hydrogens (tertiary/aromatic N) is 1. The first kappa shape index (κ1) is 11.2. The molecule has 0 atom stereocenters. The molecule has 0 radical (unpaired) electrons. The van der Waals surface area contributed by atoms with Gasteiger partial charge in [-0.05, 0) is 34.5 Å². The van der Waals surface area contributed by atoms with Gasteiger partial charge in [0.05, 0.1) is 5.69 Å². The van der Waals surface area contributed by atoms with Crippen LogP contribution in [-0.4, -0.2) is 0 Å². The second-order valence-electron chi connectivity index (χ2n) is 3.44. The van der Waals surface area contributed by atoms with E-state index in [4.69, 9.17) is 11.0 Å². The minimum absolute atomic E-state index is 0.552. The standard InChI is InChI=1S/C12H9BrN2S/c1-7-3-2-4-8(12(7)13)10-5-9(15)11(6-14)16-10/h2-5H,15H2,1H3. The maximum absolute atomic E-state index is 8.87. The number of rotatable bonds is 1. The van der Waals surface area contributed by atoms with Gasteiger partial charge >= 0.3 is 0 Å². The second kappa shape index (κ2) is 4.28. The smallest absolute Gasteiger partial charge is 0.128 e. The Morgan fingerprint density at radius 2 is 2.19 bits per heavy atom. The van der Waals surface area contributed by atoms with Gasteiger partial charge in [0.2, 0.25) is 0 Å². The normalized spacial score (nSPS) is 10.1. The van der Waals surface area contributed by atoms with E-state index < -0.39 is 0 Å². The molecule has 0 amide bonds. The van der Waals surface area contributed by atoms with Crippen LogP contribution < -0.4 is 5.73 Å². The van der Waals surface area contributed by atoms with E-state index in [0.717, 1.165) is 14.9 Å². The van der Waals surface area contributed by atoms with E-state index >= 15 is 0 Å². The lowest BCUT2D eigenvalue weighted by Crippen LogP contribution is -1.82. The number of nitrogen functional groups attached to an aromatic ring is 1. The van der Waals surface area contributed by atoms with Gasteiger partial charge in [-0.15, -0.1) is 11.3 Å². The van der Waals surface area contributed by atoms with Gasteiger partial charge in [-0.2, -0.15) is 5.26 Å². The van der Waals surface area contributed by atoms with Crippen molar-refractivity contribution in [3.8, 4) is 16.5 Å². The maximum Gasteiger partial charge on any atom is 0.128 e. The highest BCUT2D eigenvalue weighted by Crippen LogP contribution is 2.37. The quantitative estimate of drug-likeness (QED) is 0.865. The Balaban J connectivity index is 2.60. The Morgan fingerprint density at radius 3 is 2.81 bits per heavy atom. The second-order valence-corrected chi connectivity index (χ2v) is 5.29. The Bertz CT molecular complexity index is 581. The van der Waals surface area contributed by atoms with Crippen molar-refractivity contribution >= 4 is 33.0 Å². The van der Waals surface area contributed by atoms with E-state index in [1.165, 1.54) is 16.9 Å². The van der Waals surface area contributed by atoms with Gasteiger partial charge in [-0.3, -0.25) is 0 Å². The van der Waals surface area contributed by atoms with Gasteiger partial charge < -0.3 is 5.73 Å². The van der Waals surface area contributed by atoms with Crippen molar-refractivity contribution in [2.45, 2.75) is 6.92 Å². The summed E-state index contributed by atoms with van der Waals surface area (Å²) in [5, 5.41) is 8.87. The van der Waals surface area contributed by atoms with Gasteiger partial charge in [-0.25, -0.2) is 0 Å². The van der Waals surface area contributed by atoms with E-state index in [9.17, 15) is 0 Å². The molecule has 0 saturated carbocycles. The third kappa shape index (κ3) is 1.84. The van der Waals surface area contributed by atoms with Crippen LogP contribution in [0.3, 0.4) is 0 Å². The summed E-state index contributed by atoms with van der Waals surface area (Å²) in [7, 11) is 0. The molecule has 2 nitrogen and oxygen atoms in total. The third-order valence-electron chi connectivity index (χ3n) is 2.32. The van der Waals surface area contributed by atoms with Crippen LogP contribution in [0.15, 0.2) is 28.7 Å². The number of anilines is 1. The highest BCUT2D eigenvalue weighted by molar-refractivity contribution is 9.10. The van der Waals surface area contributed by atoms with Crippen molar-refractivity contribution in [2.24, 2.45) is 0 Å². The number of nitrogens with two attached hydrogens (primary N) is 1. The minimum Gasteiger partial charge on any atom is -0.397 e. The number of aryl methyl sites for hydroxylation is 1. The van der Waals surface area contributed by atoms with Crippen molar-refractivity contribution in [2.75, 3.05) is 5.73 Å². The molecule has 1 aromatic heterocycles. The molecule has 0 aliphatic heterocycles. The summed E-state index contributed by atoms with van der Waals surface area (Å²) in [5.74, 6) is 0. The number of benzene rings is 1. The van der Waals surface area contributed by atoms with Crippen LogP contribution in [-0.2, 0) is 0 Å². The maximum atomic E-state index is 8.87. The molecular weight excluding hydrogens is 284 g/mol. The summed E-state index contributed by atoms with van der Waals surface area (Å²) in [6.07, 6.45) is 0. The van der Waals surface area contributed by atoms with Crippen molar-refractivity contribution in [3.63, 3.8) is 0 Å². The summed E-state index contributed by atoms with van der Waals surface area (Å²) in [6.45, 7) is 2.04. The number of hydrogen-bond donors (Lipinski definition) is 1. The molecule has 0 unspecified atom stereocenters. The first-order valence-electron chi connectivity index (χ1n) is 4.68. The largest absolute Gasteiger partial charge is 0.397 e. The van der Waals surface area contributed by atoms with Crippen molar-refractivity contribution < 1.29 is 0 Å². The fourth-order valence-corrected chi connectivity index (χ4v) is 2.98. The molecule has 0 fully saturated rings. The van der Waals surface area contributed by atoms with Gasteiger partial charge in [0, 0.05) is 14.9 Å². The molecule has 2 aromatic rings. The molecule has 0 aliphatic carbocycles. The fraction of sp³-hybridized carbons (Fsp3) is 0.0833. The molecule has 2 rings (SSSR count). The summed E-state index contributed by atoms with van der Waals surface area (Å²) in [5.41, 5.74) is 8.55. The molecule has 0 spiro atoms.